The van der Waals surface area contributed by atoms with Crippen LogP contribution in [0.1, 0.15) is 25.8 Å². The van der Waals surface area contributed by atoms with Gasteiger partial charge in [-0.05, 0) is 45.5 Å². The maximum absolute atomic E-state index is 13.0. The number of hydrogen-bond acceptors (Lipinski definition) is 1. The average Bonchev–Trinajstić information content (AvgIpc) is 2.58. The molecule has 1 saturated carbocycles. The quantitative estimate of drug-likeness (QED) is 0.822. The SMILES string of the molecule is CC1(C)CC1(N)c1ccc(F)c(Br)c1. The summed E-state index contributed by atoms with van der Waals surface area (Å²) in [5.41, 5.74) is 7.09. The Kier molecular flexibility index (Phi) is 2.02. The first kappa shape index (κ1) is 10.1. The summed E-state index contributed by atoms with van der Waals surface area (Å²) in [5.74, 6) is -0.240. The van der Waals surface area contributed by atoms with Crippen molar-refractivity contribution in [1.29, 1.82) is 0 Å². The van der Waals surface area contributed by atoms with Crippen molar-refractivity contribution in [2.75, 3.05) is 0 Å². The zero-order valence-electron chi connectivity index (χ0n) is 8.27. The molecule has 0 aliphatic heterocycles. The Morgan fingerprint density at radius 2 is 2.00 bits per heavy atom. The molecule has 0 radical (unpaired) electrons. The molecule has 0 heterocycles. The Balaban J connectivity index is 2.40. The average molecular weight is 258 g/mol. The molecule has 0 bridgehead atoms. The number of halogens is 2. The molecule has 0 aromatic heterocycles. The first-order valence-corrected chi connectivity index (χ1v) is 5.40. The van der Waals surface area contributed by atoms with Crippen molar-refractivity contribution in [2.24, 2.45) is 11.1 Å². The van der Waals surface area contributed by atoms with E-state index in [9.17, 15) is 4.39 Å². The first-order valence-electron chi connectivity index (χ1n) is 4.61. The largest absolute Gasteiger partial charge is 0.321 e. The summed E-state index contributed by atoms with van der Waals surface area (Å²) < 4.78 is 13.5. The molecule has 1 aliphatic carbocycles. The van der Waals surface area contributed by atoms with Crippen LogP contribution < -0.4 is 5.73 Å². The van der Waals surface area contributed by atoms with Gasteiger partial charge in [0.25, 0.3) is 0 Å². The van der Waals surface area contributed by atoms with Crippen molar-refractivity contribution in [3.8, 4) is 0 Å². The maximum atomic E-state index is 13.0. The lowest BCUT2D eigenvalue weighted by Gasteiger charge is -2.15. The molecule has 0 saturated heterocycles. The monoisotopic (exact) mass is 257 g/mol. The normalized spacial score (nSPS) is 28.9. The summed E-state index contributed by atoms with van der Waals surface area (Å²) in [4.78, 5) is 0. The van der Waals surface area contributed by atoms with Gasteiger partial charge >= 0.3 is 0 Å². The molecule has 2 N–H and O–H groups in total. The van der Waals surface area contributed by atoms with Gasteiger partial charge in [0.05, 0.1) is 4.47 Å². The van der Waals surface area contributed by atoms with Crippen molar-refractivity contribution >= 4 is 15.9 Å². The lowest BCUT2D eigenvalue weighted by molar-refractivity contribution is 0.508. The molecule has 14 heavy (non-hydrogen) atoms. The Morgan fingerprint density at radius 3 is 2.43 bits per heavy atom. The summed E-state index contributed by atoms with van der Waals surface area (Å²) in [6.45, 7) is 4.26. The van der Waals surface area contributed by atoms with Crippen LogP contribution in [0.5, 0.6) is 0 Å². The van der Waals surface area contributed by atoms with E-state index in [2.05, 4.69) is 29.8 Å². The third-order valence-electron chi connectivity index (χ3n) is 3.24. The van der Waals surface area contributed by atoms with E-state index in [1.807, 2.05) is 0 Å². The van der Waals surface area contributed by atoms with Gasteiger partial charge in [-0.1, -0.05) is 19.9 Å². The number of nitrogens with two attached hydrogens (primary N) is 1. The molecule has 1 aliphatic rings. The standard InChI is InChI=1S/C11H13BrFN/c1-10(2)6-11(10,14)7-3-4-9(13)8(12)5-7/h3-5H,6,14H2,1-2H3. The van der Waals surface area contributed by atoms with Crippen molar-refractivity contribution in [2.45, 2.75) is 25.8 Å². The van der Waals surface area contributed by atoms with E-state index in [-0.39, 0.29) is 16.8 Å². The van der Waals surface area contributed by atoms with Crippen molar-refractivity contribution in [3.05, 3.63) is 34.1 Å². The van der Waals surface area contributed by atoms with Crippen LogP contribution in [-0.4, -0.2) is 0 Å². The molecule has 1 unspecified atom stereocenters. The van der Waals surface area contributed by atoms with Crippen LogP contribution in [0.3, 0.4) is 0 Å². The van der Waals surface area contributed by atoms with E-state index in [4.69, 9.17) is 5.73 Å². The van der Waals surface area contributed by atoms with Crippen molar-refractivity contribution in [3.63, 3.8) is 0 Å². The van der Waals surface area contributed by atoms with Gasteiger partial charge in [0.15, 0.2) is 0 Å². The molecular weight excluding hydrogens is 245 g/mol. The van der Waals surface area contributed by atoms with E-state index < -0.39 is 0 Å². The predicted molar refractivity (Wildman–Crippen MR) is 58.4 cm³/mol. The van der Waals surface area contributed by atoms with Crippen LogP contribution in [0.25, 0.3) is 0 Å². The van der Waals surface area contributed by atoms with Gasteiger partial charge in [-0.15, -0.1) is 0 Å². The van der Waals surface area contributed by atoms with Crippen LogP contribution in [0.2, 0.25) is 0 Å². The molecule has 3 heteroatoms. The van der Waals surface area contributed by atoms with Crippen LogP contribution in [0.15, 0.2) is 22.7 Å². The van der Waals surface area contributed by atoms with Crippen LogP contribution in [0, 0.1) is 11.2 Å². The minimum absolute atomic E-state index is 0.129. The summed E-state index contributed by atoms with van der Waals surface area (Å²) in [7, 11) is 0. The highest BCUT2D eigenvalue weighted by molar-refractivity contribution is 9.10. The lowest BCUT2D eigenvalue weighted by Crippen LogP contribution is -2.25. The molecule has 1 aromatic carbocycles. The molecular formula is C11H13BrFN. The Bertz CT molecular complexity index is 389. The second kappa shape index (κ2) is 2.80. The second-order valence-corrected chi connectivity index (χ2v) is 5.52. The summed E-state index contributed by atoms with van der Waals surface area (Å²) >= 11 is 3.17. The van der Waals surface area contributed by atoms with E-state index in [0.29, 0.717) is 4.47 Å². The van der Waals surface area contributed by atoms with E-state index >= 15 is 0 Å². The first-order chi connectivity index (χ1) is 6.37. The lowest BCUT2D eigenvalue weighted by atomic mass is 9.97. The summed E-state index contributed by atoms with van der Waals surface area (Å²) in [6, 6.07) is 5.02. The molecule has 1 aromatic rings. The van der Waals surface area contributed by atoms with Crippen molar-refractivity contribution in [1.82, 2.24) is 0 Å². The Morgan fingerprint density at radius 1 is 1.43 bits per heavy atom. The minimum atomic E-state index is -0.275. The molecule has 1 atom stereocenters. The molecule has 0 amide bonds. The third kappa shape index (κ3) is 1.30. The van der Waals surface area contributed by atoms with Gasteiger partial charge in [-0.3, -0.25) is 0 Å². The smallest absolute Gasteiger partial charge is 0.137 e. The number of rotatable bonds is 1. The van der Waals surface area contributed by atoms with Crippen LogP contribution >= 0.6 is 15.9 Å². The molecule has 1 nitrogen and oxygen atoms in total. The minimum Gasteiger partial charge on any atom is -0.321 e. The summed E-state index contributed by atoms with van der Waals surface area (Å²) in [6.07, 6.45) is 0.956. The molecule has 1 fully saturated rings. The zero-order valence-corrected chi connectivity index (χ0v) is 9.86. The Labute approximate surface area is 91.6 Å². The number of benzene rings is 1. The van der Waals surface area contributed by atoms with Gasteiger partial charge in [0.1, 0.15) is 5.82 Å². The maximum Gasteiger partial charge on any atom is 0.137 e. The topological polar surface area (TPSA) is 26.0 Å². The fourth-order valence-corrected chi connectivity index (χ4v) is 2.30. The predicted octanol–water partition coefficient (Wildman–Crippen LogP) is 3.17. The van der Waals surface area contributed by atoms with E-state index in [1.54, 1.807) is 12.1 Å². The van der Waals surface area contributed by atoms with Gasteiger partial charge in [-0.2, -0.15) is 0 Å². The van der Waals surface area contributed by atoms with E-state index in [1.165, 1.54) is 6.07 Å². The van der Waals surface area contributed by atoms with Crippen LogP contribution in [0.4, 0.5) is 4.39 Å². The van der Waals surface area contributed by atoms with Gasteiger partial charge in [0, 0.05) is 5.54 Å². The van der Waals surface area contributed by atoms with Crippen LogP contribution in [-0.2, 0) is 5.54 Å². The summed E-state index contributed by atoms with van der Waals surface area (Å²) in [5, 5.41) is 0. The number of hydrogen-bond donors (Lipinski definition) is 1. The van der Waals surface area contributed by atoms with Gasteiger partial charge < -0.3 is 5.73 Å². The van der Waals surface area contributed by atoms with E-state index in [0.717, 1.165) is 12.0 Å². The molecule has 2 rings (SSSR count). The van der Waals surface area contributed by atoms with Gasteiger partial charge in [0.2, 0.25) is 0 Å². The van der Waals surface area contributed by atoms with Gasteiger partial charge in [-0.25, -0.2) is 4.39 Å². The fraction of sp³-hybridized carbons (Fsp3) is 0.455. The highest BCUT2D eigenvalue weighted by atomic mass is 79.9. The third-order valence-corrected chi connectivity index (χ3v) is 3.85. The van der Waals surface area contributed by atoms with Crippen molar-refractivity contribution < 1.29 is 4.39 Å². The highest BCUT2D eigenvalue weighted by Crippen LogP contribution is 2.60. The second-order valence-electron chi connectivity index (χ2n) is 4.66. The zero-order chi connectivity index (χ0) is 10.6. The highest BCUT2D eigenvalue weighted by Gasteiger charge is 2.59. The fourth-order valence-electron chi connectivity index (χ4n) is 1.92. The molecule has 76 valence electrons. The molecule has 0 spiro atoms. The Hall–Kier alpha value is -0.410.